The van der Waals surface area contributed by atoms with Crippen LogP contribution in [0.15, 0.2) is 12.4 Å². The third-order valence-electron chi connectivity index (χ3n) is 3.52. The Kier molecular flexibility index (Phi) is 2.48. The lowest BCUT2D eigenvalue weighted by Gasteiger charge is -2.22. The minimum Gasteiger partial charge on any atom is -0.382 e. The second-order valence-electron chi connectivity index (χ2n) is 4.70. The van der Waals surface area contributed by atoms with Crippen LogP contribution in [0.5, 0.6) is 0 Å². The molecule has 2 aromatic rings. The molecule has 90 valence electrons. The molecule has 1 saturated heterocycles. The highest BCUT2D eigenvalue weighted by Gasteiger charge is 2.20. The van der Waals surface area contributed by atoms with E-state index in [1.807, 2.05) is 4.52 Å². The topological polar surface area (TPSA) is 68.2 Å². The standard InChI is InChI=1S/C12H17N5/c1-8-5-10(9-3-2-4-14-6-9)17-11(8)12(13)15-7-16-17/h5,7,9,14H,2-4,6H2,1H3,(H2,13,15,16). The maximum atomic E-state index is 5.91. The van der Waals surface area contributed by atoms with E-state index in [0.717, 1.165) is 24.2 Å². The lowest BCUT2D eigenvalue weighted by Crippen LogP contribution is -2.29. The zero-order valence-corrected chi connectivity index (χ0v) is 9.98. The quantitative estimate of drug-likeness (QED) is 0.771. The predicted octanol–water partition coefficient (Wildman–Crippen LogP) is 1.09. The molecule has 1 aliphatic rings. The average molecular weight is 231 g/mol. The normalized spacial score (nSPS) is 20.9. The van der Waals surface area contributed by atoms with Crippen molar-refractivity contribution in [3.05, 3.63) is 23.7 Å². The summed E-state index contributed by atoms with van der Waals surface area (Å²) in [5.74, 6) is 1.09. The fourth-order valence-corrected chi connectivity index (χ4v) is 2.68. The van der Waals surface area contributed by atoms with E-state index >= 15 is 0 Å². The Labute approximate surface area is 100 Å². The van der Waals surface area contributed by atoms with Crippen molar-refractivity contribution in [3.63, 3.8) is 0 Å². The van der Waals surface area contributed by atoms with Crippen molar-refractivity contribution in [2.45, 2.75) is 25.7 Å². The zero-order chi connectivity index (χ0) is 11.8. The molecular formula is C12H17N5. The van der Waals surface area contributed by atoms with Gasteiger partial charge in [-0.3, -0.25) is 0 Å². The lowest BCUT2D eigenvalue weighted by atomic mass is 9.96. The van der Waals surface area contributed by atoms with Gasteiger partial charge in [-0.1, -0.05) is 0 Å². The molecule has 0 amide bonds. The summed E-state index contributed by atoms with van der Waals surface area (Å²) in [6.07, 6.45) is 3.96. The molecule has 1 aliphatic heterocycles. The fraction of sp³-hybridized carbons (Fsp3) is 0.500. The Balaban J connectivity index is 2.13. The molecule has 17 heavy (non-hydrogen) atoms. The molecule has 5 heteroatoms. The van der Waals surface area contributed by atoms with Crippen LogP contribution in [0, 0.1) is 6.92 Å². The first kappa shape index (κ1) is 10.5. The van der Waals surface area contributed by atoms with E-state index in [1.54, 1.807) is 0 Å². The number of nitrogens with one attached hydrogen (secondary N) is 1. The number of hydrogen-bond acceptors (Lipinski definition) is 4. The Bertz CT molecular complexity index is 539. The van der Waals surface area contributed by atoms with Crippen LogP contribution in [-0.4, -0.2) is 27.7 Å². The van der Waals surface area contributed by atoms with E-state index in [1.165, 1.54) is 24.9 Å². The van der Waals surface area contributed by atoms with Crippen molar-refractivity contribution in [3.8, 4) is 0 Å². The Hall–Kier alpha value is -1.62. The molecule has 0 bridgehead atoms. The van der Waals surface area contributed by atoms with E-state index in [-0.39, 0.29) is 0 Å². The highest BCUT2D eigenvalue weighted by molar-refractivity contribution is 5.70. The Morgan fingerprint density at radius 2 is 2.41 bits per heavy atom. The van der Waals surface area contributed by atoms with Gasteiger partial charge in [-0.25, -0.2) is 9.50 Å². The smallest absolute Gasteiger partial charge is 0.151 e. The molecule has 2 aromatic heterocycles. The summed E-state index contributed by atoms with van der Waals surface area (Å²) in [4.78, 5) is 4.06. The van der Waals surface area contributed by atoms with Crippen LogP contribution in [0.2, 0.25) is 0 Å². The largest absolute Gasteiger partial charge is 0.382 e. The van der Waals surface area contributed by atoms with Gasteiger partial charge in [-0.15, -0.1) is 0 Å². The minimum absolute atomic E-state index is 0.527. The van der Waals surface area contributed by atoms with E-state index < -0.39 is 0 Å². The number of hydrogen-bond donors (Lipinski definition) is 2. The summed E-state index contributed by atoms with van der Waals surface area (Å²) in [5.41, 5.74) is 9.27. The molecule has 0 aliphatic carbocycles. The lowest BCUT2D eigenvalue weighted by molar-refractivity contribution is 0.449. The second-order valence-corrected chi connectivity index (χ2v) is 4.70. The number of rotatable bonds is 1. The van der Waals surface area contributed by atoms with Crippen LogP contribution in [-0.2, 0) is 0 Å². The van der Waals surface area contributed by atoms with E-state index in [4.69, 9.17) is 5.73 Å². The van der Waals surface area contributed by atoms with Gasteiger partial charge >= 0.3 is 0 Å². The molecule has 0 radical (unpaired) electrons. The number of nitrogens with zero attached hydrogens (tertiary/aromatic N) is 3. The first-order valence-electron chi connectivity index (χ1n) is 6.07. The van der Waals surface area contributed by atoms with Gasteiger partial charge in [0, 0.05) is 18.2 Å². The molecule has 0 spiro atoms. The fourth-order valence-electron chi connectivity index (χ4n) is 2.68. The number of piperidine rings is 1. The summed E-state index contributed by atoms with van der Waals surface area (Å²) in [7, 11) is 0. The number of aromatic nitrogens is 3. The van der Waals surface area contributed by atoms with Crippen LogP contribution < -0.4 is 11.1 Å². The molecule has 0 aromatic carbocycles. The van der Waals surface area contributed by atoms with Crippen LogP contribution in [0.3, 0.4) is 0 Å². The Morgan fingerprint density at radius 1 is 1.53 bits per heavy atom. The van der Waals surface area contributed by atoms with Crippen LogP contribution in [0.1, 0.15) is 30.0 Å². The first-order chi connectivity index (χ1) is 8.27. The van der Waals surface area contributed by atoms with Gasteiger partial charge in [0.2, 0.25) is 0 Å². The number of fused-ring (bicyclic) bond motifs is 1. The van der Waals surface area contributed by atoms with Gasteiger partial charge in [-0.2, -0.15) is 5.10 Å². The molecular weight excluding hydrogens is 214 g/mol. The molecule has 1 fully saturated rings. The molecule has 3 rings (SSSR count). The van der Waals surface area contributed by atoms with Crippen molar-refractivity contribution in [1.82, 2.24) is 19.9 Å². The maximum Gasteiger partial charge on any atom is 0.151 e. The molecule has 0 saturated carbocycles. The second kappa shape index (κ2) is 4.00. The predicted molar refractivity (Wildman–Crippen MR) is 67.0 cm³/mol. The molecule has 5 nitrogen and oxygen atoms in total. The molecule has 1 unspecified atom stereocenters. The van der Waals surface area contributed by atoms with Crippen molar-refractivity contribution in [2.24, 2.45) is 0 Å². The van der Waals surface area contributed by atoms with Crippen LogP contribution in [0.25, 0.3) is 5.52 Å². The van der Waals surface area contributed by atoms with Crippen molar-refractivity contribution in [2.75, 3.05) is 18.8 Å². The first-order valence-corrected chi connectivity index (χ1v) is 6.07. The Morgan fingerprint density at radius 3 is 3.18 bits per heavy atom. The summed E-state index contributed by atoms with van der Waals surface area (Å²) in [5, 5.41) is 7.77. The van der Waals surface area contributed by atoms with Crippen LogP contribution in [0.4, 0.5) is 5.82 Å². The number of aryl methyl sites for hydroxylation is 1. The number of nitrogens with two attached hydrogens (primary N) is 1. The summed E-state index contributed by atoms with van der Waals surface area (Å²) in [6, 6.07) is 2.19. The van der Waals surface area contributed by atoms with Gasteiger partial charge in [-0.05, 0) is 37.9 Å². The van der Waals surface area contributed by atoms with Crippen LogP contribution >= 0.6 is 0 Å². The average Bonchev–Trinajstić information content (AvgIpc) is 2.69. The highest BCUT2D eigenvalue weighted by atomic mass is 15.3. The number of nitrogen functional groups attached to an aromatic ring is 1. The van der Waals surface area contributed by atoms with E-state index in [2.05, 4.69) is 28.4 Å². The molecule has 3 N–H and O–H groups in total. The summed E-state index contributed by atoms with van der Waals surface area (Å²) < 4.78 is 1.95. The monoisotopic (exact) mass is 231 g/mol. The van der Waals surface area contributed by atoms with E-state index in [0.29, 0.717) is 11.7 Å². The van der Waals surface area contributed by atoms with Gasteiger partial charge in [0.15, 0.2) is 5.82 Å². The number of anilines is 1. The third kappa shape index (κ3) is 1.67. The zero-order valence-electron chi connectivity index (χ0n) is 9.98. The van der Waals surface area contributed by atoms with Gasteiger partial charge < -0.3 is 11.1 Å². The summed E-state index contributed by atoms with van der Waals surface area (Å²) in [6.45, 7) is 4.21. The van der Waals surface area contributed by atoms with Gasteiger partial charge in [0.1, 0.15) is 11.8 Å². The van der Waals surface area contributed by atoms with Crippen molar-refractivity contribution >= 4 is 11.3 Å². The maximum absolute atomic E-state index is 5.91. The van der Waals surface area contributed by atoms with Crippen molar-refractivity contribution < 1.29 is 0 Å². The molecule has 3 heterocycles. The molecule has 1 atom stereocenters. The third-order valence-corrected chi connectivity index (χ3v) is 3.52. The highest BCUT2D eigenvalue weighted by Crippen LogP contribution is 2.28. The van der Waals surface area contributed by atoms with Gasteiger partial charge in [0.25, 0.3) is 0 Å². The van der Waals surface area contributed by atoms with E-state index in [9.17, 15) is 0 Å². The van der Waals surface area contributed by atoms with Gasteiger partial charge in [0.05, 0.1) is 0 Å². The summed E-state index contributed by atoms with van der Waals surface area (Å²) >= 11 is 0. The minimum atomic E-state index is 0.527. The SMILES string of the molecule is Cc1cc(C2CCCNC2)n2ncnc(N)c12. The van der Waals surface area contributed by atoms with Crippen molar-refractivity contribution in [1.29, 1.82) is 0 Å².